The number of hydrogen-bond donors (Lipinski definition) is 2. The summed E-state index contributed by atoms with van der Waals surface area (Å²) in [7, 11) is 0. The molecule has 0 aliphatic heterocycles. The van der Waals surface area contributed by atoms with Crippen LogP contribution in [0.2, 0.25) is 0 Å². The zero-order chi connectivity index (χ0) is 9.14. The highest BCUT2D eigenvalue weighted by Gasteiger charge is 2.05. The van der Waals surface area contributed by atoms with Crippen molar-refractivity contribution in [1.82, 2.24) is 0 Å². The van der Waals surface area contributed by atoms with Gasteiger partial charge in [-0.05, 0) is 31.9 Å². The third-order valence-corrected chi connectivity index (χ3v) is 1.94. The molecule has 2 nitrogen and oxygen atoms in total. The predicted octanol–water partition coefficient (Wildman–Crippen LogP) is 2.44. The second kappa shape index (κ2) is 3.48. The van der Waals surface area contributed by atoms with Gasteiger partial charge >= 0.3 is 0 Å². The minimum Gasteiger partial charge on any atom is -0.505 e. The van der Waals surface area contributed by atoms with Crippen molar-refractivity contribution in [3.8, 4) is 5.75 Å². The van der Waals surface area contributed by atoms with Crippen LogP contribution in [-0.2, 0) is 0 Å². The first kappa shape index (κ1) is 8.91. The highest BCUT2D eigenvalue weighted by Crippen LogP contribution is 2.29. The Bertz CT molecular complexity index is 281. The van der Waals surface area contributed by atoms with E-state index in [1.165, 1.54) is 0 Å². The monoisotopic (exact) mass is 165 g/mol. The minimum atomic E-state index is 0.372. The number of aryl methyl sites for hydroxylation is 2. The van der Waals surface area contributed by atoms with Gasteiger partial charge < -0.3 is 10.4 Å². The van der Waals surface area contributed by atoms with E-state index in [2.05, 4.69) is 5.32 Å². The van der Waals surface area contributed by atoms with Crippen LogP contribution in [0.15, 0.2) is 12.1 Å². The van der Waals surface area contributed by atoms with Crippen LogP contribution in [-0.4, -0.2) is 11.7 Å². The molecule has 0 saturated heterocycles. The maximum absolute atomic E-state index is 9.65. The van der Waals surface area contributed by atoms with Gasteiger partial charge in [0.15, 0.2) is 0 Å². The van der Waals surface area contributed by atoms with E-state index < -0.39 is 0 Å². The normalized spacial score (nSPS) is 9.92. The summed E-state index contributed by atoms with van der Waals surface area (Å²) in [6.07, 6.45) is 0. The fourth-order valence-corrected chi connectivity index (χ4v) is 1.20. The number of benzene rings is 1. The molecular formula is C10H15NO. The molecule has 0 fully saturated rings. The van der Waals surface area contributed by atoms with Crippen LogP contribution in [0.4, 0.5) is 5.69 Å². The van der Waals surface area contributed by atoms with E-state index in [1.54, 1.807) is 0 Å². The van der Waals surface area contributed by atoms with Gasteiger partial charge in [-0.25, -0.2) is 0 Å². The number of aromatic hydroxyl groups is 1. The standard InChI is InChI=1S/C10H15NO/c1-4-11-9-7(2)5-6-8(3)10(9)12/h5-6,11-12H,4H2,1-3H3. The van der Waals surface area contributed by atoms with Crippen LogP contribution in [0.1, 0.15) is 18.1 Å². The number of phenols is 1. The van der Waals surface area contributed by atoms with E-state index in [1.807, 2.05) is 32.9 Å². The highest BCUT2D eigenvalue weighted by molar-refractivity contribution is 5.63. The lowest BCUT2D eigenvalue weighted by Crippen LogP contribution is -1.99. The summed E-state index contributed by atoms with van der Waals surface area (Å²) in [6.45, 7) is 6.73. The maximum Gasteiger partial charge on any atom is 0.141 e. The smallest absolute Gasteiger partial charge is 0.141 e. The molecule has 0 aliphatic rings. The van der Waals surface area contributed by atoms with Gasteiger partial charge in [0.2, 0.25) is 0 Å². The Morgan fingerprint density at radius 3 is 2.42 bits per heavy atom. The van der Waals surface area contributed by atoms with E-state index in [4.69, 9.17) is 0 Å². The van der Waals surface area contributed by atoms with Crippen LogP contribution in [0.3, 0.4) is 0 Å². The molecule has 0 unspecified atom stereocenters. The lowest BCUT2D eigenvalue weighted by atomic mass is 10.1. The predicted molar refractivity (Wildman–Crippen MR) is 51.7 cm³/mol. The fraction of sp³-hybridized carbons (Fsp3) is 0.400. The molecular weight excluding hydrogens is 150 g/mol. The van der Waals surface area contributed by atoms with Crippen LogP contribution in [0.25, 0.3) is 0 Å². The van der Waals surface area contributed by atoms with Gasteiger partial charge in [-0.15, -0.1) is 0 Å². The Hall–Kier alpha value is -1.18. The summed E-state index contributed by atoms with van der Waals surface area (Å²) < 4.78 is 0. The average molecular weight is 165 g/mol. The number of rotatable bonds is 2. The minimum absolute atomic E-state index is 0.372. The first-order chi connectivity index (χ1) is 5.66. The van der Waals surface area contributed by atoms with Crippen molar-refractivity contribution in [3.63, 3.8) is 0 Å². The molecule has 2 heteroatoms. The second-order valence-corrected chi connectivity index (χ2v) is 2.95. The molecule has 0 heterocycles. The molecule has 0 amide bonds. The first-order valence-corrected chi connectivity index (χ1v) is 4.19. The summed E-state index contributed by atoms with van der Waals surface area (Å²) in [5, 5.41) is 12.8. The van der Waals surface area contributed by atoms with Crippen LogP contribution in [0, 0.1) is 13.8 Å². The topological polar surface area (TPSA) is 32.3 Å². The molecule has 12 heavy (non-hydrogen) atoms. The lowest BCUT2D eigenvalue weighted by molar-refractivity contribution is 0.473. The third kappa shape index (κ3) is 1.52. The van der Waals surface area contributed by atoms with E-state index in [9.17, 15) is 5.11 Å². The van der Waals surface area contributed by atoms with Gasteiger partial charge in [0.25, 0.3) is 0 Å². The molecule has 0 spiro atoms. The SMILES string of the molecule is CCNc1c(C)ccc(C)c1O. The summed E-state index contributed by atoms with van der Waals surface area (Å²) in [4.78, 5) is 0. The molecule has 0 atom stereocenters. The van der Waals surface area contributed by atoms with Gasteiger partial charge in [-0.2, -0.15) is 0 Å². The summed E-state index contributed by atoms with van der Waals surface area (Å²) in [5.74, 6) is 0.372. The summed E-state index contributed by atoms with van der Waals surface area (Å²) >= 11 is 0. The molecule has 0 aromatic heterocycles. The maximum atomic E-state index is 9.65. The Morgan fingerprint density at radius 2 is 1.83 bits per heavy atom. The van der Waals surface area contributed by atoms with Crippen molar-refractivity contribution in [2.45, 2.75) is 20.8 Å². The fourth-order valence-electron chi connectivity index (χ4n) is 1.20. The first-order valence-electron chi connectivity index (χ1n) is 4.19. The Morgan fingerprint density at radius 1 is 1.25 bits per heavy atom. The summed E-state index contributed by atoms with van der Waals surface area (Å²) in [5.41, 5.74) is 2.86. The van der Waals surface area contributed by atoms with Crippen LogP contribution in [0.5, 0.6) is 5.75 Å². The quantitative estimate of drug-likeness (QED) is 0.660. The number of hydrogen-bond acceptors (Lipinski definition) is 2. The van der Waals surface area contributed by atoms with Gasteiger partial charge in [0.1, 0.15) is 5.75 Å². The third-order valence-electron chi connectivity index (χ3n) is 1.94. The number of anilines is 1. The van der Waals surface area contributed by atoms with Crippen molar-refractivity contribution in [2.75, 3.05) is 11.9 Å². The van der Waals surface area contributed by atoms with E-state index >= 15 is 0 Å². The zero-order valence-corrected chi connectivity index (χ0v) is 7.81. The van der Waals surface area contributed by atoms with Gasteiger partial charge in [-0.1, -0.05) is 12.1 Å². The van der Waals surface area contributed by atoms with Gasteiger partial charge in [-0.3, -0.25) is 0 Å². The van der Waals surface area contributed by atoms with Crippen molar-refractivity contribution in [1.29, 1.82) is 0 Å². The molecule has 0 aliphatic carbocycles. The lowest BCUT2D eigenvalue weighted by Gasteiger charge is -2.11. The Labute approximate surface area is 73.2 Å². The van der Waals surface area contributed by atoms with Gasteiger partial charge in [0, 0.05) is 6.54 Å². The van der Waals surface area contributed by atoms with Crippen molar-refractivity contribution < 1.29 is 5.11 Å². The van der Waals surface area contributed by atoms with Crippen molar-refractivity contribution in [3.05, 3.63) is 23.3 Å². The van der Waals surface area contributed by atoms with Crippen LogP contribution >= 0.6 is 0 Å². The molecule has 1 aromatic rings. The molecule has 0 radical (unpaired) electrons. The zero-order valence-electron chi connectivity index (χ0n) is 7.81. The van der Waals surface area contributed by atoms with Crippen molar-refractivity contribution in [2.24, 2.45) is 0 Å². The van der Waals surface area contributed by atoms with Crippen molar-refractivity contribution >= 4 is 5.69 Å². The summed E-state index contributed by atoms with van der Waals surface area (Å²) in [6, 6.07) is 3.93. The largest absolute Gasteiger partial charge is 0.505 e. The van der Waals surface area contributed by atoms with Crippen LogP contribution < -0.4 is 5.32 Å². The molecule has 0 saturated carbocycles. The molecule has 66 valence electrons. The number of nitrogens with one attached hydrogen (secondary N) is 1. The van der Waals surface area contributed by atoms with E-state index in [0.717, 1.165) is 23.4 Å². The van der Waals surface area contributed by atoms with E-state index in [0.29, 0.717) is 5.75 Å². The molecule has 1 rings (SSSR count). The molecule has 2 N–H and O–H groups in total. The molecule has 1 aromatic carbocycles. The molecule has 0 bridgehead atoms. The Balaban J connectivity index is 3.14. The van der Waals surface area contributed by atoms with Gasteiger partial charge in [0.05, 0.1) is 5.69 Å². The average Bonchev–Trinajstić information content (AvgIpc) is 2.06. The highest BCUT2D eigenvalue weighted by atomic mass is 16.3. The van der Waals surface area contributed by atoms with E-state index in [-0.39, 0.29) is 0 Å². The number of phenolic OH excluding ortho intramolecular Hbond substituents is 1. The second-order valence-electron chi connectivity index (χ2n) is 2.95. The Kier molecular flexibility index (Phi) is 2.58.